The van der Waals surface area contributed by atoms with Crippen LogP contribution in [0.2, 0.25) is 0 Å². The van der Waals surface area contributed by atoms with Gasteiger partial charge in [-0.1, -0.05) is 29.8 Å². The van der Waals surface area contributed by atoms with Gasteiger partial charge in [0, 0.05) is 7.05 Å². The van der Waals surface area contributed by atoms with Gasteiger partial charge in [0.2, 0.25) is 5.95 Å². The summed E-state index contributed by atoms with van der Waals surface area (Å²) in [7, 11) is 1.54. The lowest BCUT2D eigenvalue weighted by molar-refractivity contribution is 0.318. The quantitative estimate of drug-likeness (QED) is 0.294. The number of hydrazone groups is 1. The summed E-state index contributed by atoms with van der Waals surface area (Å²) in [6.45, 7) is 4.60. The Morgan fingerprint density at radius 2 is 1.97 bits per heavy atom. The summed E-state index contributed by atoms with van der Waals surface area (Å²) in [5.74, 6) is 0.703. The second kappa shape index (κ2) is 9.03. The number of hydrogen-bond acceptors (Lipinski definition) is 7. The van der Waals surface area contributed by atoms with Crippen LogP contribution in [0.5, 0.6) is 11.5 Å². The number of aromatic nitrogens is 4. The number of hydrogen-bond donors (Lipinski definition) is 3. The van der Waals surface area contributed by atoms with E-state index < -0.39 is 11.2 Å². The lowest BCUT2D eigenvalue weighted by Gasteiger charge is -2.09. The van der Waals surface area contributed by atoms with Crippen LogP contribution >= 0.6 is 0 Å². The molecule has 2 heterocycles. The number of aryl methyl sites for hydroxylation is 2. The molecule has 0 aliphatic carbocycles. The van der Waals surface area contributed by atoms with Gasteiger partial charge < -0.3 is 9.84 Å². The molecule has 10 heteroatoms. The highest BCUT2D eigenvalue weighted by Gasteiger charge is 2.17. The van der Waals surface area contributed by atoms with E-state index in [0.717, 1.165) is 11.1 Å². The molecule has 4 aromatic rings. The van der Waals surface area contributed by atoms with E-state index in [4.69, 9.17) is 4.74 Å². The van der Waals surface area contributed by atoms with Gasteiger partial charge in [0.05, 0.1) is 19.4 Å². The van der Waals surface area contributed by atoms with Crippen molar-refractivity contribution in [3.63, 3.8) is 0 Å². The van der Waals surface area contributed by atoms with Gasteiger partial charge in [0.1, 0.15) is 0 Å². The molecule has 170 valence electrons. The van der Waals surface area contributed by atoms with Gasteiger partial charge in [-0.2, -0.15) is 10.1 Å². The number of rotatable bonds is 7. The summed E-state index contributed by atoms with van der Waals surface area (Å²) in [5, 5.41) is 14.1. The number of fused-ring (bicyclic) bond motifs is 1. The average molecular weight is 448 g/mol. The van der Waals surface area contributed by atoms with Crippen LogP contribution in [0.15, 0.2) is 57.2 Å². The van der Waals surface area contributed by atoms with Gasteiger partial charge in [-0.05, 0) is 43.2 Å². The van der Waals surface area contributed by atoms with Crippen molar-refractivity contribution in [1.82, 2.24) is 19.1 Å². The fourth-order valence-electron chi connectivity index (χ4n) is 3.40. The molecule has 0 bridgehead atoms. The standard InChI is InChI=1S/C23H24N6O4/c1-4-33-18-11-16(9-10-17(18)30)12-24-27-22-25-20-19(21(31)26-23(32)28(20)3)29(22)13-15-7-5-14(2)6-8-15/h5-12,30H,4,13H2,1-3H3,(H,25,27)(H,26,31,32)/b24-12+. The van der Waals surface area contributed by atoms with E-state index in [-0.39, 0.29) is 16.9 Å². The first kappa shape index (κ1) is 21.9. The van der Waals surface area contributed by atoms with E-state index in [9.17, 15) is 14.7 Å². The number of benzene rings is 2. The van der Waals surface area contributed by atoms with Crippen LogP contribution in [0.4, 0.5) is 5.95 Å². The Kier molecular flexibility index (Phi) is 5.99. The van der Waals surface area contributed by atoms with Gasteiger partial charge >= 0.3 is 5.69 Å². The van der Waals surface area contributed by atoms with Gasteiger partial charge in [-0.25, -0.2) is 10.2 Å². The zero-order valence-electron chi connectivity index (χ0n) is 18.5. The predicted octanol–water partition coefficient (Wildman–Crippen LogP) is 2.33. The second-order valence-corrected chi connectivity index (χ2v) is 7.53. The molecule has 2 aromatic carbocycles. The summed E-state index contributed by atoms with van der Waals surface area (Å²) in [6.07, 6.45) is 1.54. The third-order valence-electron chi connectivity index (χ3n) is 5.13. The smallest absolute Gasteiger partial charge is 0.329 e. The number of nitrogens with zero attached hydrogens (tertiary/aromatic N) is 4. The largest absolute Gasteiger partial charge is 0.504 e. The van der Waals surface area contributed by atoms with Crippen molar-refractivity contribution in [2.45, 2.75) is 20.4 Å². The molecule has 0 fully saturated rings. The topological polar surface area (TPSA) is 127 Å². The van der Waals surface area contributed by atoms with Crippen LogP contribution in [0.25, 0.3) is 11.2 Å². The molecule has 0 amide bonds. The fraction of sp³-hybridized carbons (Fsp3) is 0.217. The molecule has 0 saturated carbocycles. The Morgan fingerprint density at radius 3 is 2.70 bits per heavy atom. The summed E-state index contributed by atoms with van der Waals surface area (Å²) in [6, 6.07) is 12.8. The van der Waals surface area contributed by atoms with E-state index in [2.05, 4.69) is 20.5 Å². The number of H-pyrrole nitrogens is 1. The van der Waals surface area contributed by atoms with Crippen LogP contribution in [0.1, 0.15) is 23.6 Å². The molecule has 2 aromatic heterocycles. The number of phenolic OH excluding ortho intramolecular Hbond substituents is 1. The molecule has 0 aliphatic heterocycles. The van der Waals surface area contributed by atoms with Crippen LogP contribution < -0.4 is 21.4 Å². The van der Waals surface area contributed by atoms with Crippen molar-refractivity contribution in [3.8, 4) is 11.5 Å². The molecule has 0 aliphatic rings. The number of aromatic hydroxyl groups is 1. The monoisotopic (exact) mass is 448 g/mol. The Balaban J connectivity index is 1.72. The Hall–Kier alpha value is -4.34. The van der Waals surface area contributed by atoms with Gasteiger partial charge in [-0.15, -0.1) is 0 Å². The maximum absolute atomic E-state index is 12.6. The number of anilines is 1. The molecular weight excluding hydrogens is 424 g/mol. The third-order valence-corrected chi connectivity index (χ3v) is 5.13. The molecule has 0 spiro atoms. The normalized spacial score (nSPS) is 11.4. The summed E-state index contributed by atoms with van der Waals surface area (Å²) >= 11 is 0. The second-order valence-electron chi connectivity index (χ2n) is 7.53. The SMILES string of the molecule is CCOc1cc(/C=N/Nc2nc3c(c(=O)[nH]c(=O)n3C)n2Cc2ccc(C)cc2)ccc1O. The molecule has 0 radical (unpaired) electrons. The maximum atomic E-state index is 12.6. The highest BCUT2D eigenvalue weighted by Crippen LogP contribution is 2.26. The third kappa shape index (κ3) is 4.49. The lowest BCUT2D eigenvalue weighted by Crippen LogP contribution is -2.29. The first-order chi connectivity index (χ1) is 15.9. The fourth-order valence-corrected chi connectivity index (χ4v) is 3.40. The zero-order chi connectivity index (χ0) is 23.5. The number of phenols is 1. The van der Waals surface area contributed by atoms with E-state index >= 15 is 0 Å². The summed E-state index contributed by atoms with van der Waals surface area (Å²) in [4.78, 5) is 31.5. The maximum Gasteiger partial charge on any atom is 0.329 e. The number of ether oxygens (including phenoxy) is 1. The van der Waals surface area contributed by atoms with Crippen LogP contribution in [0.3, 0.4) is 0 Å². The first-order valence-electron chi connectivity index (χ1n) is 10.4. The highest BCUT2D eigenvalue weighted by molar-refractivity contribution is 5.81. The minimum absolute atomic E-state index is 0.0435. The van der Waals surface area contributed by atoms with Crippen molar-refractivity contribution in [3.05, 3.63) is 80.0 Å². The first-order valence-corrected chi connectivity index (χ1v) is 10.4. The Bertz CT molecular complexity index is 1450. The molecule has 3 N–H and O–H groups in total. The molecule has 10 nitrogen and oxygen atoms in total. The van der Waals surface area contributed by atoms with Crippen molar-refractivity contribution < 1.29 is 9.84 Å². The van der Waals surface area contributed by atoms with Crippen LogP contribution in [-0.2, 0) is 13.6 Å². The Morgan fingerprint density at radius 1 is 1.21 bits per heavy atom. The van der Waals surface area contributed by atoms with E-state index in [1.165, 1.54) is 10.6 Å². The van der Waals surface area contributed by atoms with Crippen molar-refractivity contribution >= 4 is 23.3 Å². The van der Waals surface area contributed by atoms with E-state index in [0.29, 0.717) is 30.4 Å². The highest BCUT2D eigenvalue weighted by atomic mass is 16.5. The van der Waals surface area contributed by atoms with Gasteiger partial charge in [0.25, 0.3) is 5.56 Å². The summed E-state index contributed by atoms with van der Waals surface area (Å²) < 4.78 is 8.36. The molecule has 0 saturated heterocycles. The van der Waals surface area contributed by atoms with Crippen molar-refractivity contribution in [2.75, 3.05) is 12.0 Å². The molecule has 0 unspecified atom stereocenters. The number of nitrogens with one attached hydrogen (secondary N) is 2. The molecule has 0 atom stereocenters. The van der Waals surface area contributed by atoms with Gasteiger partial charge in [-0.3, -0.25) is 18.9 Å². The van der Waals surface area contributed by atoms with E-state index in [1.807, 2.05) is 38.1 Å². The van der Waals surface area contributed by atoms with Crippen LogP contribution in [0, 0.1) is 6.92 Å². The molecule has 33 heavy (non-hydrogen) atoms. The predicted molar refractivity (Wildman–Crippen MR) is 126 cm³/mol. The van der Waals surface area contributed by atoms with Gasteiger partial charge in [0.15, 0.2) is 22.7 Å². The molecular formula is C23H24N6O4. The Labute approximate surface area is 188 Å². The number of aromatic amines is 1. The average Bonchev–Trinajstić information content (AvgIpc) is 3.15. The minimum atomic E-state index is -0.546. The van der Waals surface area contributed by atoms with Crippen LogP contribution in [-0.4, -0.2) is 37.0 Å². The zero-order valence-corrected chi connectivity index (χ0v) is 18.5. The van der Waals surface area contributed by atoms with Crippen molar-refractivity contribution in [1.29, 1.82) is 0 Å². The minimum Gasteiger partial charge on any atom is -0.504 e. The van der Waals surface area contributed by atoms with E-state index in [1.54, 1.807) is 30.0 Å². The number of imidazole rings is 1. The molecule has 4 rings (SSSR count). The van der Waals surface area contributed by atoms with Crippen molar-refractivity contribution in [2.24, 2.45) is 12.1 Å². The summed E-state index contributed by atoms with van der Waals surface area (Å²) in [5.41, 5.74) is 5.08. The lowest BCUT2D eigenvalue weighted by atomic mass is 10.1.